The largest absolute Gasteiger partial charge is 0.465 e. The first-order chi connectivity index (χ1) is 18.5. The van der Waals surface area contributed by atoms with Crippen LogP contribution in [0.1, 0.15) is 27.0 Å². The highest BCUT2D eigenvalue weighted by atomic mass is 32.5. The van der Waals surface area contributed by atoms with Crippen LogP contribution in [0.4, 0.5) is 16.2 Å². The van der Waals surface area contributed by atoms with Gasteiger partial charge in [-0.1, -0.05) is 18.2 Å². The van der Waals surface area contributed by atoms with Crippen molar-refractivity contribution in [1.29, 1.82) is 0 Å². The average molecular weight is 584 g/mol. The highest BCUT2D eigenvalue weighted by Crippen LogP contribution is 2.48. The first kappa shape index (κ1) is 29.1. The Morgan fingerprint density at radius 1 is 1.38 bits per heavy atom. The number of nitrogens with two attached hydrogens (primary N) is 1. The second-order valence-electron chi connectivity index (χ2n) is 8.93. The molecule has 4 rings (SSSR count). The number of imidazole rings is 1. The van der Waals surface area contributed by atoms with Crippen molar-refractivity contribution in [3.8, 4) is 5.75 Å². The van der Waals surface area contributed by atoms with Gasteiger partial charge < -0.3 is 34.7 Å². The van der Waals surface area contributed by atoms with Gasteiger partial charge in [-0.05, 0) is 44.7 Å². The lowest BCUT2D eigenvalue weighted by molar-refractivity contribution is -0.144. The molecular weight excluding hydrogens is 552 g/mol. The van der Waals surface area contributed by atoms with Crippen LogP contribution in [-0.2, 0) is 30.6 Å². The zero-order chi connectivity index (χ0) is 28.4. The SMILES string of the molecule is CCOC(=O)[C@H](C)N[P@@](=S)(OC[C@H]1O[C@@H](n2cnc3c(NC)nc(N)nc32)[C@](C)(F)[C@@H]1O)Oc1ccccc1. The summed E-state index contributed by atoms with van der Waals surface area (Å²) in [4.78, 5) is 24.8. The molecule has 16 heteroatoms. The molecule has 2 aromatic heterocycles. The van der Waals surface area contributed by atoms with Gasteiger partial charge in [-0.25, -0.2) is 14.5 Å². The van der Waals surface area contributed by atoms with Gasteiger partial charge in [0.15, 0.2) is 28.9 Å². The minimum Gasteiger partial charge on any atom is -0.465 e. The number of ether oxygens (including phenoxy) is 2. The zero-order valence-corrected chi connectivity index (χ0v) is 23.5. The number of rotatable bonds is 11. The molecule has 0 saturated carbocycles. The Kier molecular flexibility index (Phi) is 8.69. The summed E-state index contributed by atoms with van der Waals surface area (Å²) in [6.45, 7) is 0.851. The van der Waals surface area contributed by atoms with Gasteiger partial charge in [0.2, 0.25) is 5.95 Å². The second-order valence-corrected chi connectivity index (χ2v) is 12.1. The van der Waals surface area contributed by atoms with Crippen LogP contribution in [0.3, 0.4) is 0 Å². The number of nitrogens with zero attached hydrogens (tertiary/aromatic N) is 4. The molecule has 1 aromatic carbocycles. The summed E-state index contributed by atoms with van der Waals surface area (Å²) in [7, 11) is 1.64. The van der Waals surface area contributed by atoms with Crippen LogP contribution in [0.25, 0.3) is 11.2 Å². The molecule has 3 heterocycles. The maximum Gasteiger partial charge on any atom is 0.323 e. The number of anilines is 2. The summed E-state index contributed by atoms with van der Waals surface area (Å²) in [6, 6.07) is 7.78. The molecule has 212 valence electrons. The van der Waals surface area contributed by atoms with E-state index in [0.29, 0.717) is 17.1 Å². The molecule has 1 aliphatic rings. The number of nitrogen functional groups attached to an aromatic ring is 1. The van der Waals surface area contributed by atoms with Crippen molar-refractivity contribution in [2.24, 2.45) is 0 Å². The Hall–Kier alpha value is -2.94. The Morgan fingerprint density at radius 3 is 2.77 bits per heavy atom. The van der Waals surface area contributed by atoms with Gasteiger partial charge in [0.05, 0.1) is 19.5 Å². The van der Waals surface area contributed by atoms with E-state index >= 15 is 4.39 Å². The molecule has 3 aromatic rings. The van der Waals surface area contributed by atoms with E-state index in [-0.39, 0.29) is 24.8 Å². The lowest BCUT2D eigenvalue weighted by atomic mass is 9.98. The fourth-order valence-electron chi connectivity index (χ4n) is 4.07. The molecule has 13 nitrogen and oxygen atoms in total. The van der Waals surface area contributed by atoms with Crippen molar-refractivity contribution in [3.63, 3.8) is 0 Å². The molecule has 0 unspecified atom stereocenters. The summed E-state index contributed by atoms with van der Waals surface area (Å²) in [5, 5.41) is 16.7. The molecule has 0 radical (unpaired) electrons. The zero-order valence-electron chi connectivity index (χ0n) is 21.8. The number of para-hydroxylation sites is 1. The number of halogens is 1. The standard InChI is InChI=1S/C23H31FN7O6PS/c1-5-34-20(33)13(2)30-38(39,37-14-9-7-6-8-10-14)35-11-15-17(32)23(3,24)21(36-15)31-12-27-16-18(26-4)28-22(25)29-19(16)31/h6-10,12-13,15,17,21,32H,5,11H2,1-4H3,(H,30,39)(H3,25,26,28,29)/t13-,15+,17+,21+,23+,38+/m0/s1. The Balaban J connectivity index is 1.57. The Labute approximate surface area is 229 Å². The number of nitrogens with one attached hydrogen (secondary N) is 2. The number of alkyl halides is 1. The molecule has 0 aliphatic carbocycles. The maximum atomic E-state index is 16.0. The fraction of sp³-hybridized carbons (Fsp3) is 0.478. The first-order valence-electron chi connectivity index (χ1n) is 12.1. The Bertz CT molecular complexity index is 1360. The molecule has 0 spiro atoms. The van der Waals surface area contributed by atoms with E-state index in [9.17, 15) is 9.90 Å². The van der Waals surface area contributed by atoms with E-state index in [1.54, 1.807) is 51.2 Å². The molecule has 6 atom stereocenters. The van der Waals surface area contributed by atoms with E-state index in [1.807, 2.05) is 0 Å². The summed E-state index contributed by atoms with van der Waals surface area (Å²) in [5.74, 6) is 0.159. The predicted octanol–water partition coefficient (Wildman–Crippen LogP) is 2.30. The van der Waals surface area contributed by atoms with Crippen LogP contribution in [-0.4, -0.2) is 74.8 Å². The molecule has 0 amide bonds. The molecule has 0 bridgehead atoms. The molecule has 1 saturated heterocycles. The van der Waals surface area contributed by atoms with Crippen molar-refractivity contribution in [3.05, 3.63) is 36.7 Å². The minimum absolute atomic E-state index is 0.0480. The van der Waals surface area contributed by atoms with Gasteiger partial charge in [0, 0.05) is 7.05 Å². The van der Waals surface area contributed by atoms with E-state index in [2.05, 4.69) is 25.4 Å². The Morgan fingerprint density at radius 2 is 2.10 bits per heavy atom. The van der Waals surface area contributed by atoms with Crippen molar-refractivity contribution in [2.45, 2.75) is 50.9 Å². The number of fused-ring (bicyclic) bond motifs is 1. The van der Waals surface area contributed by atoms with Crippen LogP contribution in [0.5, 0.6) is 5.75 Å². The van der Waals surface area contributed by atoms with Crippen molar-refractivity contribution < 1.29 is 32.8 Å². The van der Waals surface area contributed by atoms with E-state index in [0.717, 1.165) is 0 Å². The first-order valence-corrected chi connectivity index (χ1v) is 14.8. The number of hydrogen-bond acceptors (Lipinski definition) is 12. The highest BCUT2D eigenvalue weighted by Gasteiger charge is 2.55. The minimum atomic E-state index is -3.43. The number of aromatic nitrogens is 4. The van der Waals surface area contributed by atoms with E-state index < -0.39 is 42.8 Å². The van der Waals surface area contributed by atoms with Gasteiger partial charge in [0.1, 0.15) is 24.0 Å². The number of aliphatic hydroxyl groups is 1. The number of hydrogen-bond donors (Lipinski definition) is 4. The molecule has 5 N–H and O–H groups in total. The molecule has 1 aliphatic heterocycles. The van der Waals surface area contributed by atoms with Gasteiger partial charge in [-0.15, -0.1) is 0 Å². The second kappa shape index (κ2) is 11.7. The van der Waals surface area contributed by atoms with Crippen molar-refractivity contribution in [2.75, 3.05) is 31.3 Å². The van der Waals surface area contributed by atoms with E-state index in [1.165, 1.54) is 17.8 Å². The van der Waals surface area contributed by atoms with Crippen LogP contribution in [0.2, 0.25) is 0 Å². The third-order valence-electron chi connectivity index (χ3n) is 6.01. The van der Waals surface area contributed by atoms with E-state index in [4.69, 9.17) is 36.1 Å². The van der Waals surface area contributed by atoms with Crippen LogP contribution >= 0.6 is 6.64 Å². The quantitative estimate of drug-likeness (QED) is 0.192. The smallest absolute Gasteiger partial charge is 0.323 e. The van der Waals surface area contributed by atoms with Gasteiger partial charge in [-0.3, -0.25) is 9.36 Å². The van der Waals surface area contributed by atoms with Gasteiger partial charge >= 0.3 is 12.6 Å². The third kappa shape index (κ3) is 6.13. The number of carbonyl (C=O) groups is 1. The molecular formula is C23H31FN7O6PS. The number of aliphatic hydroxyl groups excluding tert-OH is 1. The summed E-state index contributed by atoms with van der Waals surface area (Å²) >= 11 is 5.67. The van der Waals surface area contributed by atoms with Gasteiger partial charge in [-0.2, -0.15) is 9.97 Å². The van der Waals surface area contributed by atoms with Gasteiger partial charge in [0.25, 0.3) is 0 Å². The normalized spacial score (nSPS) is 25.2. The number of benzene rings is 1. The monoisotopic (exact) mass is 583 g/mol. The third-order valence-corrected chi connectivity index (χ3v) is 8.51. The lowest BCUT2D eigenvalue weighted by Gasteiger charge is -2.28. The average Bonchev–Trinajstić information content (AvgIpc) is 3.40. The summed E-state index contributed by atoms with van der Waals surface area (Å²) in [5.41, 5.74) is 4.11. The van der Waals surface area contributed by atoms with Crippen molar-refractivity contribution in [1.82, 2.24) is 24.6 Å². The fourth-order valence-corrected chi connectivity index (χ4v) is 6.49. The van der Waals surface area contributed by atoms with Crippen LogP contribution < -0.4 is 20.7 Å². The molecule has 39 heavy (non-hydrogen) atoms. The lowest BCUT2D eigenvalue weighted by Crippen LogP contribution is -2.41. The van der Waals surface area contributed by atoms with Crippen molar-refractivity contribution >= 4 is 47.3 Å². The predicted molar refractivity (Wildman–Crippen MR) is 145 cm³/mol. The topological polar surface area (TPSA) is 168 Å². The number of esters is 1. The summed E-state index contributed by atoms with van der Waals surface area (Å²) in [6.07, 6.45) is -2.77. The maximum absolute atomic E-state index is 16.0. The summed E-state index contributed by atoms with van der Waals surface area (Å²) < 4.78 is 40.2. The highest BCUT2D eigenvalue weighted by molar-refractivity contribution is 8.09. The molecule has 1 fully saturated rings. The van der Waals surface area contributed by atoms with Crippen LogP contribution in [0, 0.1) is 0 Å². The number of carbonyl (C=O) groups excluding carboxylic acids is 1. The van der Waals surface area contributed by atoms with Crippen LogP contribution in [0.15, 0.2) is 36.7 Å².